The molecule has 27 heavy (non-hydrogen) atoms. The molecule has 0 aromatic heterocycles. The second kappa shape index (κ2) is 9.27. The molecule has 0 aliphatic carbocycles. The lowest BCUT2D eigenvalue weighted by atomic mass is 9.86. The van der Waals surface area contributed by atoms with E-state index in [9.17, 15) is 4.79 Å². The molecule has 4 nitrogen and oxygen atoms in total. The molecule has 0 unspecified atom stereocenters. The quantitative estimate of drug-likeness (QED) is 0.629. The van der Waals surface area contributed by atoms with Gasteiger partial charge in [-0.2, -0.15) is 0 Å². The molecule has 0 heterocycles. The predicted octanol–water partition coefficient (Wildman–Crippen LogP) is 4.94. The first-order valence-electron chi connectivity index (χ1n) is 9.06. The van der Waals surface area contributed by atoms with Gasteiger partial charge in [0.25, 0.3) is 5.91 Å². The minimum Gasteiger partial charge on any atom is -0.492 e. The van der Waals surface area contributed by atoms with Crippen LogP contribution in [-0.4, -0.2) is 25.7 Å². The normalized spacial score (nSPS) is 11.2. The highest BCUT2D eigenvalue weighted by atomic mass is 79.9. The van der Waals surface area contributed by atoms with E-state index in [1.807, 2.05) is 44.2 Å². The van der Waals surface area contributed by atoms with Gasteiger partial charge in [-0.1, -0.05) is 42.8 Å². The lowest BCUT2D eigenvalue weighted by Gasteiger charge is -2.23. The van der Waals surface area contributed by atoms with Gasteiger partial charge in [0.15, 0.2) is 6.61 Å². The fourth-order valence-corrected chi connectivity index (χ4v) is 3.15. The lowest BCUT2D eigenvalue weighted by Crippen LogP contribution is -2.32. The summed E-state index contributed by atoms with van der Waals surface area (Å²) in [6.45, 7) is 11.3. The summed E-state index contributed by atoms with van der Waals surface area (Å²) in [5, 5.41) is 2.82. The number of halogens is 1. The number of nitrogens with one attached hydrogen (secondary N) is 1. The molecule has 5 heteroatoms. The third kappa shape index (κ3) is 6.90. The van der Waals surface area contributed by atoms with Gasteiger partial charge >= 0.3 is 0 Å². The Morgan fingerprint density at radius 3 is 2.33 bits per heavy atom. The number of carbonyl (C=O) groups excluding carboxylic acids is 1. The molecule has 0 atom stereocenters. The zero-order chi connectivity index (χ0) is 20.0. The van der Waals surface area contributed by atoms with E-state index >= 15 is 0 Å². The van der Waals surface area contributed by atoms with E-state index in [-0.39, 0.29) is 17.9 Å². The van der Waals surface area contributed by atoms with Crippen LogP contribution in [0.5, 0.6) is 11.5 Å². The average Bonchev–Trinajstić information content (AvgIpc) is 2.56. The molecule has 0 bridgehead atoms. The van der Waals surface area contributed by atoms with Gasteiger partial charge in [0.1, 0.15) is 18.1 Å². The minimum absolute atomic E-state index is 0.0196. The third-order valence-electron chi connectivity index (χ3n) is 4.00. The Balaban J connectivity index is 1.80. The third-order valence-corrected chi connectivity index (χ3v) is 4.49. The fourth-order valence-electron chi connectivity index (χ4n) is 2.78. The largest absolute Gasteiger partial charge is 0.492 e. The first-order valence-corrected chi connectivity index (χ1v) is 9.85. The van der Waals surface area contributed by atoms with Crippen LogP contribution in [0.1, 0.15) is 37.5 Å². The molecule has 0 spiro atoms. The van der Waals surface area contributed by atoms with Gasteiger partial charge in [-0.15, -0.1) is 0 Å². The van der Waals surface area contributed by atoms with Crippen molar-refractivity contribution in [2.45, 2.75) is 40.0 Å². The molecule has 2 aromatic carbocycles. The highest BCUT2D eigenvalue weighted by Crippen LogP contribution is 2.33. The highest BCUT2D eigenvalue weighted by Gasteiger charge is 2.20. The Hall–Kier alpha value is -2.01. The van der Waals surface area contributed by atoms with Crippen molar-refractivity contribution in [3.63, 3.8) is 0 Å². The number of benzene rings is 2. The molecule has 0 saturated carbocycles. The van der Waals surface area contributed by atoms with Crippen molar-refractivity contribution >= 4 is 21.8 Å². The summed E-state index contributed by atoms with van der Waals surface area (Å²) >= 11 is 3.49. The van der Waals surface area contributed by atoms with Crippen LogP contribution < -0.4 is 14.8 Å². The SMILES string of the molecule is Cc1cc(C)cc(OCCNC(=O)COc2ccc(Br)cc2C(C)(C)C)c1. The Bertz CT molecular complexity index is 776. The van der Waals surface area contributed by atoms with E-state index in [2.05, 4.69) is 48.1 Å². The van der Waals surface area contributed by atoms with Gasteiger partial charge < -0.3 is 14.8 Å². The summed E-state index contributed by atoms with van der Waals surface area (Å²) in [7, 11) is 0. The van der Waals surface area contributed by atoms with Crippen LogP contribution in [0.4, 0.5) is 0 Å². The number of aryl methyl sites for hydroxylation is 2. The van der Waals surface area contributed by atoms with Crippen LogP contribution in [0, 0.1) is 13.8 Å². The summed E-state index contributed by atoms with van der Waals surface area (Å²) in [5.41, 5.74) is 3.30. The molecule has 0 aliphatic rings. The van der Waals surface area contributed by atoms with E-state index in [1.54, 1.807) is 0 Å². The van der Waals surface area contributed by atoms with Crippen LogP contribution in [-0.2, 0) is 10.2 Å². The fraction of sp³-hybridized carbons (Fsp3) is 0.409. The van der Waals surface area contributed by atoms with Crippen molar-refractivity contribution in [2.24, 2.45) is 0 Å². The number of ether oxygens (including phenoxy) is 2. The number of rotatable bonds is 7. The van der Waals surface area contributed by atoms with Crippen molar-refractivity contribution < 1.29 is 14.3 Å². The van der Waals surface area contributed by atoms with Crippen molar-refractivity contribution in [3.8, 4) is 11.5 Å². The van der Waals surface area contributed by atoms with Crippen LogP contribution in [0.3, 0.4) is 0 Å². The zero-order valence-electron chi connectivity index (χ0n) is 16.7. The number of hydrogen-bond donors (Lipinski definition) is 1. The van der Waals surface area contributed by atoms with Gasteiger partial charge in [0.05, 0.1) is 6.54 Å². The maximum atomic E-state index is 12.1. The van der Waals surface area contributed by atoms with Gasteiger partial charge in [0, 0.05) is 10.0 Å². The molecule has 1 N–H and O–H groups in total. The van der Waals surface area contributed by atoms with Crippen molar-refractivity contribution in [1.82, 2.24) is 5.32 Å². The van der Waals surface area contributed by atoms with E-state index < -0.39 is 0 Å². The molecule has 146 valence electrons. The molecule has 2 aromatic rings. The number of hydrogen-bond acceptors (Lipinski definition) is 3. The molecule has 0 saturated heterocycles. The summed E-state index contributed by atoms with van der Waals surface area (Å²) in [6, 6.07) is 11.9. The molecule has 0 aliphatic heterocycles. The first-order chi connectivity index (χ1) is 12.6. The van der Waals surface area contributed by atoms with Crippen molar-refractivity contribution in [1.29, 1.82) is 0 Å². The average molecular weight is 434 g/mol. The van der Waals surface area contributed by atoms with Crippen LogP contribution in [0.2, 0.25) is 0 Å². The maximum absolute atomic E-state index is 12.1. The first kappa shape index (κ1) is 21.3. The van der Waals surface area contributed by atoms with E-state index in [0.717, 1.165) is 32.7 Å². The van der Waals surface area contributed by atoms with E-state index in [4.69, 9.17) is 9.47 Å². The molecular weight excluding hydrogens is 406 g/mol. The topological polar surface area (TPSA) is 47.6 Å². The molecule has 2 rings (SSSR count). The van der Waals surface area contributed by atoms with Crippen molar-refractivity contribution in [3.05, 3.63) is 57.6 Å². The monoisotopic (exact) mass is 433 g/mol. The van der Waals surface area contributed by atoms with Crippen LogP contribution in [0.15, 0.2) is 40.9 Å². The summed E-state index contributed by atoms with van der Waals surface area (Å²) in [4.78, 5) is 12.1. The number of amides is 1. The van der Waals surface area contributed by atoms with Crippen molar-refractivity contribution in [2.75, 3.05) is 19.8 Å². The number of carbonyl (C=O) groups is 1. The van der Waals surface area contributed by atoms with Gasteiger partial charge in [-0.25, -0.2) is 0 Å². The summed E-state index contributed by atoms with van der Waals surface area (Å²) in [5.74, 6) is 1.39. The smallest absolute Gasteiger partial charge is 0.258 e. The molecular formula is C22H28BrNO3. The standard InChI is InChI=1S/C22H28BrNO3/c1-15-10-16(2)12-18(11-15)26-9-8-24-21(25)14-27-20-7-6-17(23)13-19(20)22(3,4)5/h6-7,10-13H,8-9,14H2,1-5H3,(H,24,25). The Labute approximate surface area is 170 Å². The highest BCUT2D eigenvalue weighted by molar-refractivity contribution is 9.10. The molecule has 1 amide bonds. The van der Waals surface area contributed by atoms with Crippen LogP contribution in [0.25, 0.3) is 0 Å². The molecule has 0 fully saturated rings. The Morgan fingerprint density at radius 1 is 1.04 bits per heavy atom. The Kier molecular flexibility index (Phi) is 7.31. The van der Waals surface area contributed by atoms with E-state index in [1.165, 1.54) is 0 Å². The summed E-state index contributed by atoms with van der Waals surface area (Å²) < 4.78 is 12.4. The molecule has 0 radical (unpaired) electrons. The second-order valence-corrected chi connectivity index (χ2v) is 8.62. The minimum atomic E-state index is -0.165. The van der Waals surface area contributed by atoms with E-state index in [0.29, 0.717) is 13.2 Å². The van der Waals surface area contributed by atoms with Crippen LogP contribution >= 0.6 is 15.9 Å². The zero-order valence-corrected chi connectivity index (χ0v) is 18.3. The van der Waals surface area contributed by atoms with Gasteiger partial charge in [0.2, 0.25) is 0 Å². The van der Waals surface area contributed by atoms with Gasteiger partial charge in [-0.3, -0.25) is 4.79 Å². The second-order valence-electron chi connectivity index (χ2n) is 7.70. The predicted molar refractivity (Wildman–Crippen MR) is 113 cm³/mol. The lowest BCUT2D eigenvalue weighted by molar-refractivity contribution is -0.123. The van der Waals surface area contributed by atoms with Gasteiger partial charge in [-0.05, 0) is 60.7 Å². The summed E-state index contributed by atoms with van der Waals surface area (Å²) in [6.07, 6.45) is 0. The Morgan fingerprint density at radius 2 is 1.70 bits per heavy atom. The maximum Gasteiger partial charge on any atom is 0.258 e.